The molecule has 4 aromatic rings. The lowest BCUT2D eigenvalue weighted by Crippen LogP contribution is -2.16. The van der Waals surface area contributed by atoms with Crippen LogP contribution in [0.25, 0.3) is 11.0 Å². The maximum Gasteiger partial charge on any atom is 0.271 e. The maximum atomic E-state index is 12.5. The molecule has 9 nitrogen and oxygen atoms in total. The van der Waals surface area contributed by atoms with Crippen molar-refractivity contribution in [2.75, 3.05) is 16.4 Å². The van der Waals surface area contributed by atoms with Gasteiger partial charge in [-0.2, -0.15) is 0 Å². The summed E-state index contributed by atoms with van der Waals surface area (Å²) in [6.07, 6.45) is 0. The van der Waals surface area contributed by atoms with Crippen LogP contribution in [0.1, 0.15) is 10.4 Å². The summed E-state index contributed by atoms with van der Waals surface area (Å²) in [4.78, 5) is 42.8. The van der Waals surface area contributed by atoms with Crippen molar-refractivity contribution in [1.82, 2.24) is 9.97 Å². The molecule has 1 aromatic heterocycles. The van der Waals surface area contributed by atoms with Gasteiger partial charge < -0.3 is 15.6 Å². The monoisotopic (exact) mass is 447 g/mol. The highest BCUT2D eigenvalue weighted by molar-refractivity contribution is 7.99. The minimum absolute atomic E-state index is 0.120. The van der Waals surface area contributed by atoms with Crippen LogP contribution in [0.2, 0.25) is 0 Å². The highest BCUT2D eigenvalue weighted by Gasteiger charge is 2.12. The number of para-hydroxylation sites is 2. The Morgan fingerprint density at radius 3 is 2.50 bits per heavy atom. The van der Waals surface area contributed by atoms with Gasteiger partial charge in [0.15, 0.2) is 5.16 Å². The zero-order valence-electron chi connectivity index (χ0n) is 16.6. The van der Waals surface area contributed by atoms with Gasteiger partial charge in [0, 0.05) is 29.1 Å². The number of anilines is 2. The smallest absolute Gasteiger partial charge is 0.271 e. The molecule has 10 heteroatoms. The molecule has 4 rings (SSSR count). The Kier molecular flexibility index (Phi) is 6.13. The Labute approximate surface area is 186 Å². The third-order valence-corrected chi connectivity index (χ3v) is 5.30. The number of nitro groups is 1. The number of hydrogen-bond donors (Lipinski definition) is 3. The quantitative estimate of drug-likeness (QED) is 0.218. The minimum atomic E-state index is -0.533. The number of thioether (sulfide) groups is 1. The number of non-ortho nitro benzene ring substituents is 1. The molecule has 1 heterocycles. The standard InChI is InChI=1S/C22H17N5O4S/c28-20(13-32-22-25-18-9-1-2-10-19(18)26-22)23-15-6-3-5-14(11-15)21(29)24-16-7-4-8-17(12-16)27(30)31/h1-12H,13H2,(H,23,28)(H,24,29)(H,25,26). The largest absolute Gasteiger partial charge is 0.333 e. The fourth-order valence-corrected chi connectivity index (χ4v) is 3.65. The second-order valence-electron chi connectivity index (χ2n) is 6.74. The molecule has 0 bridgehead atoms. The van der Waals surface area contributed by atoms with Gasteiger partial charge in [0.1, 0.15) is 0 Å². The average Bonchev–Trinajstić information content (AvgIpc) is 3.21. The molecule has 0 fully saturated rings. The van der Waals surface area contributed by atoms with E-state index >= 15 is 0 Å². The summed E-state index contributed by atoms with van der Waals surface area (Å²) < 4.78 is 0. The first-order valence-electron chi connectivity index (χ1n) is 9.51. The average molecular weight is 447 g/mol. The van der Waals surface area contributed by atoms with E-state index in [4.69, 9.17) is 0 Å². The van der Waals surface area contributed by atoms with Crippen molar-refractivity contribution in [3.8, 4) is 0 Å². The molecule has 160 valence electrons. The van der Waals surface area contributed by atoms with Gasteiger partial charge in [0.25, 0.3) is 11.6 Å². The Balaban J connectivity index is 1.36. The molecular formula is C22H17N5O4S. The number of nitrogens with zero attached hydrogens (tertiary/aromatic N) is 2. The summed E-state index contributed by atoms with van der Waals surface area (Å²) in [6, 6.07) is 19.7. The van der Waals surface area contributed by atoms with Gasteiger partial charge in [-0.1, -0.05) is 36.0 Å². The van der Waals surface area contributed by atoms with Crippen molar-refractivity contribution in [1.29, 1.82) is 0 Å². The molecule has 0 spiro atoms. The normalized spacial score (nSPS) is 10.6. The summed E-state index contributed by atoms with van der Waals surface area (Å²) in [7, 11) is 0. The number of benzene rings is 3. The number of amides is 2. The zero-order chi connectivity index (χ0) is 22.5. The van der Waals surface area contributed by atoms with E-state index in [0.29, 0.717) is 22.1 Å². The van der Waals surface area contributed by atoms with Crippen molar-refractivity contribution in [2.45, 2.75) is 5.16 Å². The van der Waals surface area contributed by atoms with E-state index in [2.05, 4.69) is 20.6 Å². The molecule has 0 aliphatic heterocycles. The lowest BCUT2D eigenvalue weighted by molar-refractivity contribution is -0.384. The van der Waals surface area contributed by atoms with E-state index in [0.717, 1.165) is 11.0 Å². The lowest BCUT2D eigenvalue weighted by atomic mass is 10.1. The van der Waals surface area contributed by atoms with E-state index in [1.807, 2.05) is 24.3 Å². The predicted octanol–water partition coefficient (Wildman–Crippen LogP) is 4.45. The van der Waals surface area contributed by atoms with Crippen LogP contribution in [0.5, 0.6) is 0 Å². The molecular weight excluding hydrogens is 430 g/mol. The third kappa shape index (κ3) is 5.10. The number of imidazole rings is 1. The van der Waals surface area contributed by atoms with Gasteiger partial charge in [0.05, 0.1) is 21.7 Å². The molecule has 0 saturated carbocycles. The first kappa shape index (κ1) is 21.1. The van der Waals surface area contributed by atoms with E-state index in [9.17, 15) is 19.7 Å². The van der Waals surface area contributed by atoms with Crippen LogP contribution in [0.4, 0.5) is 17.1 Å². The van der Waals surface area contributed by atoms with Crippen molar-refractivity contribution in [3.05, 3.63) is 88.5 Å². The molecule has 32 heavy (non-hydrogen) atoms. The number of aromatic nitrogens is 2. The fraction of sp³-hybridized carbons (Fsp3) is 0.0455. The summed E-state index contributed by atoms with van der Waals surface area (Å²) in [5.74, 6) is -0.547. The zero-order valence-corrected chi connectivity index (χ0v) is 17.4. The minimum Gasteiger partial charge on any atom is -0.333 e. The van der Waals surface area contributed by atoms with Gasteiger partial charge in [-0.3, -0.25) is 19.7 Å². The molecule has 0 aliphatic rings. The highest BCUT2D eigenvalue weighted by atomic mass is 32.2. The molecule has 3 N–H and O–H groups in total. The van der Waals surface area contributed by atoms with Crippen molar-refractivity contribution in [3.63, 3.8) is 0 Å². The molecule has 0 atom stereocenters. The van der Waals surface area contributed by atoms with Gasteiger partial charge in [-0.15, -0.1) is 0 Å². The Hall–Kier alpha value is -4.18. The van der Waals surface area contributed by atoms with Gasteiger partial charge in [0.2, 0.25) is 5.91 Å². The molecule has 0 unspecified atom stereocenters. The lowest BCUT2D eigenvalue weighted by Gasteiger charge is -2.08. The second kappa shape index (κ2) is 9.31. The van der Waals surface area contributed by atoms with E-state index in [1.54, 1.807) is 24.3 Å². The number of H-pyrrole nitrogens is 1. The van der Waals surface area contributed by atoms with Crippen molar-refractivity contribution < 1.29 is 14.5 Å². The Morgan fingerprint density at radius 2 is 1.72 bits per heavy atom. The van der Waals surface area contributed by atoms with E-state index < -0.39 is 10.8 Å². The van der Waals surface area contributed by atoms with Gasteiger partial charge in [-0.25, -0.2) is 4.98 Å². The number of carbonyl (C=O) groups excluding carboxylic acids is 2. The second-order valence-corrected chi connectivity index (χ2v) is 7.70. The highest BCUT2D eigenvalue weighted by Crippen LogP contribution is 2.21. The number of nitrogens with one attached hydrogen (secondary N) is 3. The van der Waals surface area contributed by atoms with Crippen LogP contribution in [0, 0.1) is 10.1 Å². The van der Waals surface area contributed by atoms with Crippen LogP contribution < -0.4 is 10.6 Å². The summed E-state index contributed by atoms with van der Waals surface area (Å²) in [6.45, 7) is 0. The predicted molar refractivity (Wildman–Crippen MR) is 123 cm³/mol. The van der Waals surface area contributed by atoms with Crippen molar-refractivity contribution in [2.24, 2.45) is 0 Å². The third-order valence-electron chi connectivity index (χ3n) is 4.43. The van der Waals surface area contributed by atoms with E-state index in [-0.39, 0.29) is 17.3 Å². The Bertz CT molecular complexity index is 1290. The molecule has 0 saturated heterocycles. The molecule has 0 radical (unpaired) electrons. The van der Waals surface area contributed by atoms with Gasteiger partial charge in [-0.05, 0) is 36.4 Å². The van der Waals surface area contributed by atoms with Crippen LogP contribution in [-0.4, -0.2) is 32.5 Å². The number of nitro benzene ring substituents is 1. The first-order valence-corrected chi connectivity index (χ1v) is 10.5. The fourth-order valence-electron chi connectivity index (χ4n) is 2.97. The summed E-state index contributed by atoms with van der Waals surface area (Å²) >= 11 is 1.28. The number of fused-ring (bicyclic) bond motifs is 1. The topological polar surface area (TPSA) is 130 Å². The SMILES string of the molecule is O=C(CSc1nc2ccccc2[nH]1)Nc1cccc(C(=O)Nc2cccc([N+](=O)[O-])c2)c1. The molecule has 2 amide bonds. The van der Waals surface area contributed by atoms with Crippen molar-refractivity contribution >= 4 is 51.7 Å². The van der Waals surface area contributed by atoms with Crippen LogP contribution in [0.3, 0.4) is 0 Å². The molecule has 3 aromatic carbocycles. The number of carbonyl (C=O) groups is 2. The number of hydrogen-bond acceptors (Lipinski definition) is 6. The summed E-state index contributed by atoms with van der Waals surface area (Å²) in [5.41, 5.74) is 2.69. The van der Waals surface area contributed by atoms with Crippen LogP contribution in [-0.2, 0) is 4.79 Å². The first-order chi connectivity index (χ1) is 15.5. The maximum absolute atomic E-state index is 12.5. The number of aromatic amines is 1. The van der Waals surface area contributed by atoms with Gasteiger partial charge >= 0.3 is 0 Å². The summed E-state index contributed by atoms with van der Waals surface area (Å²) in [5, 5.41) is 16.9. The van der Waals surface area contributed by atoms with Crippen LogP contribution in [0.15, 0.2) is 78.0 Å². The van der Waals surface area contributed by atoms with E-state index in [1.165, 1.54) is 36.0 Å². The number of rotatable bonds is 7. The molecule has 0 aliphatic carbocycles. The van der Waals surface area contributed by atoms with Crippen LogP contribution >= 0.6 is 11.8 Å². The Morgan fingerprint density at radius 1 is 0.969 bits per heavy atom.